The van der Waals surface area contributed by atoms with Crippen molar-refractivity contribution in [2.24, 2.45) is 17.8 Å². The molecule has 0 spiro atoms. The highest BCUT2D eigenvalue weighted by atomic mass is 16.2. The van der Waals surface area contributed by atoms with Crippen LogP contribution in [0.15, 0.2) is 0 Å². The highest BCUT2D eigenvalue weighted by molar-refractivity contribution is 5.79. The molecule has 0 aliphatic heterocycles. The third-order valence-corrected chi connectivity index (χ3v) is 3.64. The van der Waals surface area contributed by atoms with Crippen LogP contribution in [0.2, 0.25) is 0 Å². The number of rotatable bonds is 6. The van der Waals surface area contributed by atoms with E-state index >= 15 is 0 Å². The molecule has 1 N–H and O–H groups in total. The molecule has 3 unspecified atom stereocenters. The summed E-state index contributed by atoms with van der Waals surface area (Å²) in [6, 6.07) is 0. The van der Waals surface area contributed by atoms with E-state index in [0.29, 0.717) is 0 Å². The topological polar surface area (TPSA) is 29.1 Å². The van der Waals surface area contributed by atoms with Gasteiger partial charge in [0.25, 0.3) is 0 Å². The predicted octanol–water partition coefficient (Wildman–Crippen LogP) is 3.75. The molecule has 1 fully saturated rings. The zero-order valence-electron chi connectivity index (χ0n) is 12.2. The summed E-state index contributed by atoms with van der Waals surface area (Å²) >= 11 is 0. The second kappa shape index (κ2) is 5.88. The van der Waals surface area contributed by atoms with Gasteiger partial charge in [-0.05, 0) is 51.9 Å². The highest BCUT2D eigenvalue weighted by Crippen LogP contribution is 2.43. The first-order valence-electron chi connectivity index (χ1n) is 7.15. The molecule has 1 amide bonds. The molecule has 17 heavy (non-hydrogen) atoms. The Morgan fingerprint density at radius 3 is 2.41 bits per heavy atom. The summed E-state index contributed by atoms with van der Waals surface area (Å²) in [5.74, 6) is 2.17. The number of nitrogens with one attached hydrogen (secondary N) is 1. The van der Waals surface area contributed by atoms with Crippen molar-refractivity contribution in [3.8, 4) is 0 Å². The Morgan fingerprint density at radius 2 is 2.00 bits per heavy atom. The van der Waals surface area contributed by atoms with Crippen molar-refractivity contribution in [1.29, 1.82) is 0 Å². The highest BCUT2D eigenvalue weighted by Gasteiger charge is 2.36. The summed E-state index contributed by atoms with van der Waals surface area (Å²) in [5.41, 5.74) is -0.100. The van der Waals surface area contributed by atoms with Crippen molar-refractivity contribution in [2.75, 3.05) is 0 Å². The van der Waals surface area contributed by atoms with Crippen LogP contribution in [-0.2, 0) is 4.79 Å². The molecule has 0 aromatic heterocycles. The number of amides is 1. The van der Waals surface area contributed by atoms with E-state index < -0.39 is 0 Å². The van der Waals surface area contributed by atoms with Crippen LogP contribution >= 0.6 is 0 Å². The number of unbranched alkanes of at least 4 members (excludes halogenated alkanes) is 1. The van der Waals surface area contributed by atoms with Crippen molar-refractivity contribution in [2.45, 2.75) is 72.3 Å². The number of carbonyl (C=O) groups excluding carboxylic acids is 1. The summed E-state index contributed by atoms with van der Waals surface area (Å²) in [4.78, 5) is 12.2. The van der Waals surface area contributed by atoms with Gasteiger partial charge in [0.1, 0.15) is 0 Å². The smallest absolute Gasteiger partial charge is 0.223 e. The third kappa shape index (κ3) is 5.56. The largest absolute Gasteiger partial charge is 0.351 e. The second-order valence-corrected chi connectivity index (χ2v) is 6.79. The van der Waals surface area contributed by atoms with Crippen molar-refractivity contribution in [3.63, 3.8) is 0 Å². The standard InChI is InChI=1S/C15H29NO/c1-6-7-8-12(10-13-9-11(13)2)14(17)16-15(3,4)5/h11-13H,6-10H2,1-5H3,(H,16,17). The van der Waals surface area contributed by atoms with Crippen LogP contribution in [0, 0.1) is 17.8 Å². The molecule has 1 aliphatic carbocycles. The lowest BCUT2D eigenvalue weighted by Crippen LogP contribution is -2.44. The Balaban J connectivity index is 2.46. The molecular formula is C15H29NO. The van der Waals surface area contributed by atoms with Gasteiger partial charge in [-0.25, -0.2) is 0 Å². The van der Waals surface area contributed by atoms with Gasteiger partial charge in [-0.15, -0.1) is 0 Å². The number of hydrogen-bond donors (Lipinski definition) is 1. The molecule has 0 aromatic carbocycles. The first-order valence-corrected chi connectivity index (χ1v) is 7.15. The van der Waals surface area contributed by atoms with Gasteiger partial charge in [0, 0.05) is 11.5 Å². The van der Waals surface area contributed by atoms with Gasteiger partial charge in [0.15, 0.2) is 0 Å². The maximum Gasteiger partial charge on any atom is 0.223 e. The van der Waals surface area contributed by atoms with E-state index in [2.05, 4.69) is 39.9 Å². The van der Waals surface area contributed by atoms with Crippen LogP contribution in [-0.4, -0.2) is 11.4 Å². The summed E-state index contributed by atoms with van der Waals surface area (Å²) in [7, 11) is 0. The van der Waals surface area contributed by atoms with E-state index in [1.54, 1.807) is 0 Å². The Labute approximate surface area is 107 Å². The molecule has 1 aliphatic rings. The molecule has 0 aromatic rings. The monoisotopic (exact) mass is 239 g/mol. The molecule has 2 nitrogen and oxygen atoms in total. The Kier molecular flexibility index (Phi) is 5.03. The normalized spacial score (nSPS) is 25.5. The molecule has 3 atom stereocenters. The van der Waals surface area contributed by atoms with Crippen LogP contribution in [0.3, 0.4) is 0 Å². The Morgan fingerprint density at radius 1 is 1.41 bits per heavy atom. The Hall–Kier alpha value is -0.530. The maximum atomic E-state index is 12.2. The van der Waals surface area contributed by atoms with Gasteiger partial charge in [-0.2, -0.15) is 0 Å². The fourth-order valence-electron chi connectivity index (χ4n) is 2.37. The first-order chi connectivity index (χ1) is 7.83. The van der Waals surface area contributed by atoms with E-state index in [-0.39, 0.29) is 17.4 Å². The molecule has 100 valence electrons. The number of carbonyl (C=O) groups is 1. The SMILES string of the molecule is CCCCC(CC1CC1C)C(=O)NC(C)(C)C. The lowest BCUT2D eigenvalue weighted by molar-refractivity contribution is -0.127. The van der Waals surface area contributed by atoms with Gasteiger partial charge in [0.2, 0.25) is 5.91 Å². The van der Waals surface area contributed by atoms with Crippen LogP contribution in [0.25, 0.3) is 0 Å². The van der Waals surface area contributed by atoms with Crippen molar-refractivity contribution in [3.05, 3.63) is 0 Å². The van der Waals surface area contributed by atoms with E-state index in [1.807, 2.05) is 0 Å². The minimum Gasteiger partial charge on any atom is -0.351 e. The van der Waals surface area contributed by atoms with E-state index in [0.717, 1.165) is 24.7 Å². The molecule has 2 heteroatoms. The summed E-state index contributed by atoms with van der Waals surface area (Å²) in [6.45, 7) is 10.7. The van der Waals surface area contributed by atoms with Crippen molar-refractivity contribution >= 4 is 5.91 Å². The molecule has 0 saturated heterocycles. The molecule has 1 rings (SSSR count). The summed E-state index contributed by atoms with van der Waals surface area (Å²) in [5, 5.41) is 3.14. The van der Waals surface area contributed by atoms with Crippen LogP contribution in [0.5, 0.6) is 0 Å². The van der Waals surface area contributed by atoms with E-state index in [1.165, 1.54) is 19.3 Å². The minimum absolute atomic E-state index is 0.100. The molecule has 0 heterocycles. The van der Waals surface area contributed by atoms with E-state index in [4.69, 9.17) is 0 Å². The van der Waals surface area contributed by atoms with Gasteiger partial charge in [0.05, 0.1) is 0 Å². The lowest BCUT2D eigenvalue weighted by Gasteiger charge is -2.25. The quantitative estimate of drug-likeness (QED) is 0.751. The summed E-state index contributed by atoms with van der Waals surface area (Å²) in [6.07, 6.45) is 5.83. The Bertz CT molecular complexity index is 254. The number of hydrogen-bond acceptors (Lipinski definition) is 1. The molecule has 0 bridgehead atoms. The summed E-state index contributed by atoms with van der Waals surface area (Å²) < 4.78 is 0. The fourth-order valence-corrected chi connectivity index (χ4v) is 2.37. The van der Waals surface area contributed by atoms with Gasteiger partial charge in [-0.1, -0.05) is 26.7 Å². The fraction of sp³-hybridized carbons (Fsp3) is 0.933. The van der Waals surface area contributed by atoms with Gasteiger partial charge >= 0.3 is 0 Å². The average molecular weight is 239 g/mol. The van der Waals surface area contributed by atoms with Crippen molar-refractivity contribution < 1.29 is 4.79 Å². The first kappa shape index (κ1) is 14.5. The van der Waals surface area contributed by atoms with Gasteiger partial charge in [-0.3, -0.25) is 4.79 Å². The van der Waals surface area contributed by atoms with Crippen LogP contribution in [0.4, 0.5) is 0 Å². The minimum atomic E-state index is -0.100. The third-order valence-electron chi connectivity index (χ3n) is 3.64. The van der Waals surface area contributed by atoms with Gasteiger partial charge < -0.3 is 5.32 Å². The zero-order chi connectivity index (χ0) is 13.1. The molecule has 1 saturated carbocycles. The predicted molar refractivity (Wildman–Crippen MR) is 72.8 cm³/mol. The molecule has 0 radical (unpaired) electrons. The van der Waals surface area contributed by atoms with Crippen LogP contribution in [0.1, 0.15) is 66.7 Å². The lowest BCUT2D eigenvalue weighted by atomic mass is 9.93. The molecular weight excluding hydrogens is 210 g/mol. The van der Waals surface area contributed by atoms with Crippen LogP contribution < -0.4 is 5.32 Å². The maximum absolute atomic E-state index is 12.2. The van der Waals surface area contributed by atoms with Crippen molar-refractivity contribution in [1.82, 2.24) is 5.32 Å². The zero-order valence-corrected chi connectivity index (χ0v) is 12.2. The second-order valence-electron chi connectivity index (χ2n) is 6.79. The average Bonchev–Trinajstić information content (AvgIpc) is 2.86. The van der Waals surface area contributed by atoms with E-state index in [9.17, 15) is 4.79 Å².